The molecule has 0 saturated heterocycles. The molecule has 0 fully saturated rings. The zero-order valence-corrected chi connectivity index (χ0v) is 13.5. The maximum atomic E-state index is 12.4. The van der Waals surface area contributed by atoms with Crippen molar-refractivity contribution in [3.63, 3.8) is 0 Å². The van der Waals surface area contributed by atoms with Gasteiger partial charge in [-0.3, -0.25) is 9.48 Å². The van der Waals surface area contributed by atoms with Crippen molar-refractivity contribution in [2.75, 3.05) is 0 Å². The van der Waals surface area contributed by atoms with E-state index in [4.69, 9.17) is 11.6 Å². The third-order valence-electron chi connectivity index (χ3n) is 2.97. The van der Waals surface area contributed by atoms with Crippen molar-refractivity contribution < 1.29 is 4.79 Å². The average Bonchev–Trinajstić information content (AvgIpc) is 2.94. The van der Waals surface area contributed by atoms with Crippen molar-refractivity contribution in [3.05, 3.63) is 32.5 Å². The summed E-state index contributed by atoms with van der Waals surface area (Å²) in [6.07, 6.45) is 2.46. The molecule has 108 valence electrons. The summed E-state index contributed by atoms with van der Waals surface area (Å²) < 4.78 is 1.52. The van der Waals surface area contributed by atoms with E-state index in [0.29, 0.717) is 22.8 Å². The number of thiazole rings is 1. The molecule has 1 atom stereocenters. The van der Waals surface area contributed by atoms with Gasteiger partial charge in [0, 0.05) is 18.1 Å². The van der Waals surface area contributed by atoms with Crippen LogP contribution in [0.25, 0.3) is 0 Å². The molecule has 2 rings (SSSR count). The first-order valence-corrected chi connectivity index (χ1v) is 7.58. The number of halogens is 1. The summed E-state index contributed by atoms with van der Waals surface area (Å²) in [6, 6.07) is -0.151. The molecule has 1 N–H and O–H groups in total. The summed E-state index contributed by atoms with van der Waals surface area (Å²) in [5.74, 6) is -0.208. The minimum atomic E-state index is -0.208. The highest BCUT2D eigenvalue weighted by molar-refractivity contribution is 7.11. The summed E-state index contributed by atoms with van der Waals surface area (Å²) >= 11 is 7.72. The predicted molar refractivity (Wildman–Crippen MR) is 80.3 cm³/mol. The van der Waals surface area contributed by atoms with E-state index in [1.165, 1.54) is 4.68 Å². The molecule has 0 aromatic carbocycles. The van der Waals surface area contributed by atoms with Gasteiger partial charge < -0.3 is 5.32 Å². The van der Waals surface area contributed by atoms with Gasteiger partial charge in [0.2, 0.25) is 0 Å². The summed E-state index contributed by atoms with van der Waals surface area (Å²) in [6.45, 7) is 5.85. The van der Waals surface area contributed by atoms with Crippen LogP contribution in [-0.2, 0) is 13.5 Å². The highest BCUT2D eigenvalue weighted by Crippen LogP contribution is 2.23. The minimum absolute atomic E-state index is 0.151. The maximum absolute atomic E-state index is 12.4. The lowest BCUT2D eigenvalue weighted by molar-refractivity contribution is 0.0939. The highest BCUT2D eigenvalue weighted by atomic mass is 35.5. The summed E-state index contributed by atoms with van der Waals surface area (Å²) in [5, 5.41) is 8.42. The second-order valence-corrected chi connectivity index (χ2v) is 6.22. The number of nitrogens with zero attached hydrogens (tertiary/aromatic N) is 3. The predicted octanol–water partition coefficient (Wildman–Crippen LogP) is 2.89. The molecule has 0 aliphatic rings. The van der Waals surface area contributed by atoms with Crippen LogP contribution in [0.2, 0.25) is 5.15 Å². The lowest BCUT2D eigenvalue weighted by atomic mass is 10.2. The molecule has 0 bridgehead atoms. The number of carbonyl (C=O) groups is 1. The second-order valence-electron chi connectivity index (χ2n) is 4.59. The van der Waals surface area contributed by atoms with Gasteiger partial charge in [-0.1, -0.05) is 18.5 Å². The molecular formula is C13H17ClN4OS. The Morgan fingerprint density at radius 2 is 2.30 bits per heavy atom. The molecule has 0 saturated carbocycles. The zero-order valence-electron chi connectivity index (χ0n) is 11.9. The van der Waals surface area contributed by atoms with Gasteiger partial charge in [0.15, 0.2) is 0 Å². The zero-order chi connectivity index (χ0) is 14.9. The van der Waals surface area contributed by atoms with E-state index in [2.05, 4.69) is 15.4 Å². The Bertz CT molecular complexity index is 634. The van der Waals surface area contributed by atoms with Crippen LogP contribution in [-0.4, -0.2) is 20.7 Å². The van der Waals surface area contributed by atoms with E-state index in [0.717, 1.165) is 9.88 Å². The maximum Gasteiger partial charge on any atom is 0.256 e. The molecule has 2 aromatic heterocycles. The average molecular weight is 313 g/mol. The summed E-state index contributed by atoms with van der Waals surface area (Å²) in [4.78, 5) is 17.8. The molecule has 2 aromatic rings. The minimum Gasteiger partial charge on any atom is -0.343 e. The largest absolute Gasteiger partial charge is 0.343 e. The Labute approximate surface area is 127 Å². The first-order valence-electron chi connectivity index (χ1n) is 6.38. The Hall–Kier alpha value is -1.40. The lowest BCUT2D eigenvalue weighted by Gasteiger charge is -2.11. The number of hydrogen-bond donors (Lipinski definition) is 1. The van der Waals surface area contributed by atoms with Crippen LogP contribution >= 0.6 is 22.9 Å². The van der Waals surface area contributed by atoms with E-state index in [-0.39, 0.29) is 11.9 Å². The van der Waals surface area contributed by atoms with Crippen molar-refractivity contribution in [1.29, 1.82) is 0 Å². The Balaban J connectivity index is 2.20. The van der Waals surface area contributed by atoms with Crippen molar-refractivity contribution >= 4 is 28.8 Å². The number of nitrogens with one attached hydrogen (secondary N) is 1. The fourth-order valence-electron chi connectivity index (χ4n) is 1.93. The third-order valence-corrected chi connectivity index (χ3v) is 4.50. The van der Waals surface area contributed by atoms with E-state index >= 15 is 0 Å². The number of aryl methyl sites for hydroxylation is 3. The Kier molecular flexibility index (Phi) is 4.45. The Morgan fingerprint density at radius 1 is 1.60 bits per heavy atom. The van der Waals surface area contributed by atoms with E-state index < -0.39 is 0 Å². The number of aromatic nitrogens is 3. The molecule has 0 radical (unpaired) electrons. The van der Waals surface area contributed by atoms with Crippen LogP contribution in [0.1, 0.15) is 45.8 Å². The SMILES string of the molecule is CCc1nn(C)c(Cl)c1C(=O)NC(C)c1ncc(C)s1. The standard InChI is InChI=1S/C13H17ClN4OS/c1-5-9-10(11(14)18(4)17-9)12(19)16-8(3)13-15-6-7(2)20-13/h6,8H,5H2,1-4H3,(H,16,19). The van der Waals surface area contributed by atoms with Gasteiger partial charge in [-0.05, 0) is 20.3 Å². The molecule has 7 heteroatoms. The monoisotopic (exact) mass is 312 g/mol. The van der Waals surface area contributed by atoms with Gasteiger partial charge in [0.25, 0.3) is 5.91 Å². The van der Waals surface area contributed by atoms with Gasteiger partial charge in [-0.2, -0.15) is 5.10 Å². The second kappa shape index (κ2) is 5.93. The molecule has 1 unspecified atom stereocenters. The van der Waals surface area contributed by atoms with Crippen LogP contribution in [0.4, 0.5) is 0 Å². The van der Waals surface area contributed by atoms with E-state index in [1.54, 1.807) is 24.6 Å². The first-order chi connectivity index (χ1) is 9.43. The lowest BCUT2D eigenvalue weighted by Crippen LogP contribution is -2.27. The molecule has 20 heavy (non-hydrogen) atoms. The first kappa shape index (κ1) is 15.0. The molecular weight excluding hydrogens is 296 g/mol. The van der Waals surface area contributed by atoms with E-state index in [9.17, 15) is 4.79 Å². The van der Waals surface area contributed by atoms with Crippen LogP contribution in [0.3, 0.4) is 0 Å². The quantitative estimate of drug-likeness (QED) is 0.944. The fourth-order valence-corrected chi connectivity index (χ4v) is 2.94. The molecule has 0 aliphatic carbocycles. The molecule has 2 heterocycles. The molecule has 0 aliphatic heterocycles. The molecule has 1 amide bonds. The fraction of sp³-hybridized carbons (Fsp3) is 0.462. The van der Waals surface area contributed by atoms with Crippen molar-refractivity contribution in [1.82, 2.24) is 20.1 Å². The topological polar surface area (TPSA) is 59.8 Å². The smallest absolute Gasteiger partial charge is 0.256 e. The summed E-state index contributed by atoms with van der Waals surface area (Å²) in [5.41, 5.74) is 1.16. The van der Waals surface area contributed by atoms with Crippen LogP contribution in [0.5, 0.6) is 0 Å². The van der Waals surface area contributed by atoms with Gasteiger partial charge in [0.1, 0.15) is 10.2 Å². The number of hydrogen-bond acceptors (Lipinski definition) is 4. The molecule has 5 nitrogen and oxygen atoms in total. The van der Waals surface area contributed by atoms with E-state index in [1.807, 2.05) is 20.8 Å². The molecule has 0 spiro atoms. The van der Waals surface area contributed by atoms with Crippen molar-refractivity contribution in [2.24, 2.45) is 7.05 Å². The van der Waals surface area contributed by atoms with Crippen LogP contribution < -0.4 is 5.32 Å². The normalized spacial score (nSPS) is 12.4. The van der Waals surface area contributed by atoms with Gasteiger partial charge in [-0.25, -0.2) is 4.98 Å². The van der Waals surface area contributed by atoms with Gasteiger partial charge in [0.05, 0.1) is 17.3 Å². The van der Waals surface area contributed by atoms with Gasteiger partial charge in [-0.15, -0.1) is 11.3 Å². The third kappa shape index (κ3) is 2.86. The van der Waals surface area contributed by atoms with Crippen molar-refractivity contribution in [3.8, 4) is 0 Å². The number of carbonyl (C=O) groups excluding carboxylic acids is 1. The van der Waals surface area contributed by atoms with Gasteiger partial charge >= 0.3 is 0 Å². The van der Waals surface area contributed by atoms with Crippen LogP contribution in [0, 0.1) is 6.92 Å². The number of amides is 1. The summed E-state index contributed by atoms with van der Waals surface area (Å²) in [7, 11) is 1.73. The van der Waals surface area contributed by atoms with Crippen LogP contribution in [0.15, 0.2) is 6.20 Å². The highest BCUT2D eigenvalue weighted by Gasteiger charge is 2.22. The van der Waals surface area contributed by atoms with Crippen molar-refractivity contribution in [2.45, 2.75) is 33.2 Å². The number of rotatable bonds is 4. The Morgan fingerprint density at radius 3 is 2.85 bits per heavy atom.